The van der Waals surface area contributed by atoms with Gasteiger partial charge in [0.15, 0.2) is 0 Å². The van der Waals surface area contributed by atoms with Crippen molar-refractivity contribution in [3.63, 3.8) is 0 Å². The van der Waals surface area contributed by atoms with Crippen molar-refractivity contribution >= 4 is 5.71 Å². The van der Waals surface area contributed by atoms with Gasteiger partial charge < -0.3 is 0 Å². The Morgan fingerprint density at radius 2 is 1.78 bits per heavy atom. The fraction of sp³-hybridized carbons (Fsp3) is 0.875. The van der Waals surface area contributed by atoms with Crippen LogP contribution in [0.25, 0.3) is 0 Å². The highest BCUT2D eigenvalue weighted by molar-refractivity contribution is 5.76. The molecule has 0 aromatic heterocycles. The summed E-state index contributed by atoms with van der Waals surface area (Å²) in [6.45, 7) is 4.37. The van der Waals surface area contributed by atoms with Gasteiger partial charge in [-0.15, -0.1) is 0 Å². The van der Waals surface area contributed by atoms with Crippen molar-refractivity contribution in [3.05, 3.63) is 0 Å². The van der Waals surface area contributed by atoms with Gasteiger partial charge in [-0.05, 0) is 6.42 Å². The molecule has 0 aliphatic rings. The van der Waals surface area contributed by atoms with Crippen LogP contribution in [0.3, 0.4) is 0 Å². The zero-order valence-electron chi connectivity index (χ0n) is 6.36. The van der Waals surface area contributed by atoms with Crippen molar-refractivity contribution in [1.29, 1.82) is 0 Å². The Labute approximate surface area is 59.4 Å². The van der Waals surface area contributed by atoms with E-state index in [1.807, 2.05) is 0 Å². The van der Waals surface area contributed by atoms with Crippen molar-refractivity contribution in [3.8, 4) is 0 Å². The normalized spacial score (nSPS) is 8.00. The maximum absolute atomic E-state index is 2.20. The fourth-order valence-electron chi connectivity index (χ4n) is 0.585. The summed E-state index contributed by atoms with van der Waals surface area (Å²) in [5.74, 6) is 0. The molecule has 0 saturated carbocycles. The summed E-state index contributed by atoms with van der Waals surface area (Å²) in [5.41, 5.74) is 1.47. The summed E-state index contributed by atoms with van der Waals surface area (Å²) in [5, 5.41) is 0. The van der Waals surface area contributed by atoms with E-state index in [2.05, 4.69) is 32.5 Å². The van der Waals surface area contributed by atoms with Gasteiger partial charge in [0.2, 0.25) is 0 Å². The van der Waals surface area contributed by atoms with Crippen molar-refractivity contribution in [1.82, 2.24) is 0 Å². The lowest BCUT2D eigenvalue weighted by Crippen LogP contribution is -2.08. The monoisotopic (exact) mass is 130 g/mol. The Morgan fingerprint density at radius 3 is 1.89 bits per heavy atom. The van der Waals surface area contributed by atoms with E-state index in [0.29, 0.717) is 0 Å². The van der Waals surface area contributed by atoms with E-state index in [9.17, 15) is 0 Å². The molecular formula is C8H20N+. The molecule has 56 valence electrons. The van der Waals surface area contributed by atoms with Crippen molar-refractivity contribution in [2.45, 2.75) is 34.1 Å². The van der Waals surface area contributed by atoms with Gasteiger partial charge in [-0.25, -0.2) is 4.58 Å². The highest BCUT2D eigenvalue weighted by Crippen LogP contribution is 1.87. The first kappa shape index (κ1) is 11.5. The zero-order chi connectivity index (χ0) is 6.57. The average Bonchev–Trinajstić information content (AvgIpc) is 1.67. The molecule has 0 bridgehead atoms. The van der Waals surface area contributed by atoms with Gasteiger partial charge in [0.1, 0.15) is 19.8 Å². The molecule has 0 saturated heterocycles. The van der Waals surface area contributed by atoms with Gasteiger partial charge in [0.05, 0.1) is 0 Å². The second-order valence-electron chi connectivity index (χ2n) is 2.38. The molecule has 1 heteroatoms. The highest BCUT2D eigenvalue weighted by Gasteiger charge is 1.94. The molecule has 0 aromatic carbocycles. The van der Waals surface area contributed by atoms with Gasteiger partial charge in [-0.1, -0.05) is 14.4 Å². The molecule has 0 aliphatic heterocycles. The van der Waals surface area contributed by atoms with Crippen LogP contribution in [0, 0.1) is 0 Å². The largest absolute Gasteiger partial charge is 0.243 e. The first-order valence-electron chi connectivity index (χ1n) is 3.18. The van der Waals surface area contributed by atoms with Gasteiger partial charge in [0.25, 0.3) is 0 Å². The molecule has 0 heterocycles. The van der Waals surface area contributed by atoms with Crippen LogP contribution in [-0.4, -0.2) is 24.4 Å². The molecule has 0 aromatic rings. The van der Waals surface area contributed by atoms with Crippen LogP contribution in [0.2, 0.25) is 0 Å². The molecule has 0 rings (SSSR count). The molecule has 1 nitrogen and oxygen atoms in total. The fourth-order valence-corrected chi connectivity index (χ4v) is 0.585. The summed E-state index contributed by atoms with van der Waals surface area (Å²) in [6, 6.07) is 0. The Bertz CT molecular complexity index is 88.7. The topological polar surface area (TPSA) is 3.01 Å². The Hall–Kier alpha value is -0.330. The molecule has 0 amide bonds. The van der Waals surface area contributed by atoms with E-state index in [1.165, 1.54) is 18.6 Å². The van der Waals surface area contributed by atoms with Gasteiger partial charge in [-0.3, -0.25) is 0 Å². The maximum atomic E-state index is 2.20. The molecule has 0 fully saturated rings. The Balaban J connectivity index is 0. The van der Waals surface area contributed by atoms with E-state index in [1.54, 1.807) is 0 Å². The van der Waals surface area contributed by atoms with Crippen molar-refractivity contribution in [2.75, 3.05) is 14.1 Å². The lowest BCUT2D eigenvalue weighted by atomic mass is 10.2. The molecule has 0 aliphatic carbocycles. The van der Waals surface area contributed by atoms with E-state index in [4.69, 9.17) is 0 Å². The van der Waals surface area contributed by atoms with Crippen LogP contribution in [0.15, 0.2) is 0 Å². The van der Waals surface area contributed by atoms with Gasteiger partial charge >= 0.3 is 0 Å². The molecule has 0 atom stereocenters. The third kappa shape index (κ3) is 5.54. The van der Waals surface area contributed by atoms with E-state index in [0.717, 1.165) is 0 Å². The van der Waals surface area contributed by atoms with Crippen LogP contribution in [0.5, 0.6) is 0 Å². The minimum Gasteiger partial charge on any atom is -0.243 e. The highest BCUT2D eigenvalue weighted by atomic mass is 14.9. The van der Waals surface area contributed by atoms with Crippen LogP contribution in [0.4, 0.5) is 0 Å². The first-order valence-corrected chi connectivity index (χ1v) is 3.18. The second-order valence-corrected chi connectivity index (χ2v) is 2.38. The molecule has 9 heavy (non-hydrogen) atoms. The van der Waals surface area contributed by atoms with Crippen LogP contribution in [-0.2, 0) is 0 Å². The minimum atomic E-state index is 0. The van der Waals surface area contributed by atoms with Crippen LogP contribution < -0.4 is 0 Å². The first-order chi connectivity index (χ1) is 3.68. The van der Waals surface area contributed by atoms with Crippen LogP contribution in [0.1, 0.15) is 34.1 Å². The summed E-state index contributed by atoms with van der Waals surface area (Å²) in [6.07, 6.45) is 2.48. The summed E-state index contributed by atoms with van der Waals surface area (Å²) >= 11 is 0. The molecular weight excluding hydrogens is 110 g/mol. The van der Waals surface area contributed by atoms with Crippen molar-refractivity contribution in [2.24, 2.45) is 0 Å². The van der Waals surface area contributed by atoms with Gasteiger partial charge in [-0.2, -0.15) is 0 Å². The molecule has 0 unspecified atom stereocenters. The minimum absolute atomic E-state index is 0. The quantitative estimate of drug-likeness (QED) is 0.398. The van der Waals surface area contributed by atoms with E-state index < -0.39 is 0 Å². The van der Waals surface area contributed by atoms with Crippen molar-refractivity contribution < 1.29 is 4.58 Å². The standard InChI is InChI=1S/C7H16N.CH4/c1-5-6-7(2)8(3)4;/h5-6H2,1-4H3;1H4/q+1;. The number of hydrogen-bond donors (Lipinski definition) is 0. The number of hydrogen-bond acceptors (Lipinski definition) is 0. The lowest BCUT2D eigenvalue weighted by Gasteiger charge is -1.92. The summed E-state index contributed by atoms with van der Waals surface area (Å²) in [4.78, 5) is 0. The average molecular weight is 130 g/mol. The summed E-state index contributed by atoms with van der Waals surface area (Å²) in [7, 11) is 4.18. The molecule has 0 N–H and O–H groups in total. The number of rotatable bonds is 2. The predicted molar refractivity (Wildman–Crippen MR) is 44.4 cm³/mol. The smallest absolute Gasteiger partial charge is 0.148 e. The molecule has 0 radical (unpaired) electrons. The van der Waals surface area contributed by atoms with E-state index in [-0.39, 0.29) is 7.43 Å². The van der Waals surface area contributed by atoms with Crippen LogP contribution >= 0.6 is 0 Å². The SMILES string of the molecule is C.CCCC(C)=[N+](C)C. The second kappa shape index (κ2) is 5.80. The van der Waals surface area contributed by atoms with Gasteiger partial charge in [0, 0.05) is 13.3 Å². The lowest BCUT2D eigenvalue weighted by molar-refractivity contribution is -0.466. The Morgan fingerprint density at radius 1 is 1.33 bits per heavy atom. The molecule has 0 spiro atoms. The third-order valence-electron chi connectivity index (χ3n) is 1.38. The zero-order valence-corrected chi connectivity index (χ0v) is 6.36. The summed E-state index contributed by atoms with van der Waals surface area (Å²) < 4.78 is 2.17. The predicted octanol–water partition coefficient (Wildman–Crippen LogP) is 2.16. The third-order valence-corrected chi connectivity index (χ3v) is 1.38. The van der Waals surface area contributed by atoms with E-state index >= 15 is 0 Å². The maximum Gasteiger partial charge on any atom is 0.148 e. The Kier molecular flexibility index (Phi) is 7.39. The number of nitrogens with zero attached hydrogens (tertiary/aromatic N) is 1.